The predicted octanol–water partition coefficient (Wildman–Crippen LogP) is 10.2. The van der Waals surface area contributed by atoms with Gasteiger partial charge in [-0.25, -0.2) is 0 Å². The van der Waals surface area contributed by atoms with Gasteiger partial charge in [0.15, 0.2) is 0 Å². The van der Waals surface area contributed by atoms with E-state index in [1.807, 2.05) is 6.92 Å². The number of carbonyl (C=O) groups is 2. The fourth-order valence-corrected chi connectivity index (χ4v) is 6.05. The molecule has 46 heavy (non-hydrogen) atoms. The lowest BCUT2D eigenvalue weighted by Gasteiger charge is -2.23. The van der Waals surface area contributed by atoms with Crippen molar-refractivity contribution in [3.8, 4) is 0 Å². The highest BCUT2D eigenvalue weighted by Crippen LogP contribution is 2.22. The van der Waals surface area contributed by atoms with Gasteiger partial charge in [-0.1, -0.05) is 156 Å². The lowest BCUT2D eigenvalue weighted by molar-refractivity contribution is -0.148. The monoisotopic (exact) mass is 656 g/mol. The average molecular weight is 656 g/mol. The zero-order chi connectivity index (χ0) is 33.9. The summed E-state index contributed by atoms with van der Waals surface area (Å²) in [7, 11) is 0. The molecule has 0 aromatic rings. The van der Waals surface area contributed by atoms with Gasteiger partial charge in [0.25, 0.3) is 0 Å². The van der Waals surface area contributed by atoms with E-state index in [1.165, 1.54) is 103 Å². The number of nitrogens with one attached hydrogen (secondary N) is 1. The predicted molar refractivity (Wildman–Crippen MR) is 192 cm³/mol. The molecule has 2 atom stereocenters. The first-order valence-corrected chi connectivity index (χ1v) is 19.8. The quantitative estimate of drug-likeness (QED) is 0.0394. The van der Waals surface area contributed by atoms with Crippen molar-refractivity contribution < 1.29 is 28.9 Å². The second-order valence-electron chi connectivity index (χ2n) is 13.5. The summed E-state index contributed by atoms with van der Waals surface area (Å²) in [6.07, 6.45) is 29.2. The zero-order valence-corrected chi connectivity index (χ0v) is 30.9. The molecule has 0 fully saturated rings. The second kappa shape index (κ2) is 35.1. The van der Waals surface area contributed by atoms with E-state index in [4.69, 9.17) is 19.3 Å². The Morgan fingerprint density at radius 2 is 1.07 bits per heavy atom. The van der Waals surface area contributed by atoms with Gasteiger partial charge >= 0.3 is 11.9 Å². The van der Waals surface area contributed by atoms with Crippen LogP contribution < -0.4 is 5.32 Å². The van der Waals surface area contributed by atoms with Crippen molar-refractivity contribution >= 4 is 11.9 Å². The third-order valence-electron chi connectivity index (χ3n) is 9.02. The van der Waals surface area contributed by atoms with Crippen molar-refractivity contribution in [2.24, 2.45) is 5.92 Å². The topological polar surface area (TPSA) is 94.1 Å². The van der Waals surface area contributed by atoms with Crippen LogP contribution in [0.3, 0.4) is 0 Å². The summed E-state index contributed by atoms with van der Waals surface area (Å²) in [6, 6.07) is -0.424. The van der Waals surface area contributed by atoms with Crippen LogP contribution in [-0.4, -0.2) is 55.7 Å². The van der Waals surface area contributed by atoms with Gasteiger partial charge in [0.2, 0.25) is 0 Å². The van der Waals surface area contributed by atoms with Crippen molar-refractivity contribution in [3.05, 3.63) is 0 Å². The van der Waals surface area contributed by atoms with Crippen LogP contribution in [0.5, 0.6) is 0 Å². The van der Waals surface area contributed by atoms with Crippen LogP contribution in [0, 0.1) is 5.92 Å². The molecule has 7 nitrogen and oxygen atoms in total. The maximum atomic E-state index is 13.1. The Morgan fingerprint density at radius 3 is 1.65 bits per heavy atom. The Hall–Kier alpha value is -1.18. The van der Waals surface area contributed by atoms with Gasteiger partial charge in [-0.15, -0.1) is 0 Å². The van der Waals surface area contributed by atoms with Crippen LogP contribution in [0.1, 0.15) is 195 Å². The van der Waals surface area contributed by atoms with Crippen LogP contribution in [0.25, 0.3) is 0 Å². The Bertz CT molecular complexity index is 648. The number of rotatable bonds is 36. The summed E-state index contributed by atoms with van der Waals surface area (Å²) < 4.78 is 16.8. The molecule has 274 valence electrons. The fourth-order valence-electron chi connectivity index (χ4n) is 6.05. The summed E-state index contributed by atoms with van der Waals surface area (Å²) in [5.74, 6) is 0.354. The van der Waals surface area contributed by atoms with E-state index in [0.29, 0.717) is 32.0 Å². The number of carbonyl (C=O) groups excluding carboxylic acids is 2. The smallest absolute Gasteiger partial charge is 0.323 e. The molecule has 0 heterocycles. The highest BCUT2D eigenvalue weighted by atomic mass is 16.5. The molecule has 0 aliphatic carbocycles. The molecule has 0 rings (SSSR count). The summed E-state index contributed by atoms with van der Waals surface area (Å²) in [4.78, 5) is 25.2. The fraction of sp³-hybridized carbons (Fsp3) is 0.949. The minimum atomic E-state index is -0.424. The number of aliphatic hydroxyl groups excluding tert-OH is 1. The largest absolute Gasteiger partial charge is 0.466 e. The number of hydrogen-bond acceptors (Lipinski definition) is 7. The Kier molecular flexibility index (Phi) is 34.2. The van der Waals surface area contributed by atoms with E-state index < -0.39 is 6.04 Å². The standard InChI is InChI=1S/C39H77NO6/c1-5-8-11-14-15-16-20-25-32-45-38(42)29-24-19-17-18-23-28-37(40-35(4)44-34-31-41)39(43)46-33-30-36(26-21-12-9-6-2)27-22-13-10-7-3/h35-37,40-41H,5-34H2,1-4H3. The van der Waals surface area contributed by atoms with Gasteiger partial charge in [-0.2, -0.15) is 0 Å². The summed E-state index contributed by atoms with van der Waals surface area (Å²) in [6.45, 7) is 9.82. The van der Waals surface area contributed by atoms with Crippen molar-refractivity contribution in [1.82, 2.24) is 5.32 Å². The SMILES string of the molecule is CCCCCCCCCCOC(=O)CCCCCCCC(NC(C)OCCO)C(=O)OCCC(CCCCCC)CCCCCC. The van der Waals surface area contributed by atoms with Gasteiger partial charge in [-0.3, -0.25) is 14.9 Å². The van der Waals surface area contributed by atoms with Crippen molar-refractivity contribution in [2.45, 2.75) is 207 Å². The molecule has 0 saturated heterocycles. The molecule has 0 amide bonds. The van der Waals surface area contributed by atoms with Crippen LogP contribution in [0.2, 0.25) is 0 Å². The van der Waals surface area contributed by atoms with Crippen LogP contribution in [0.15, 0.2) is 0 Å². The number of ether oxygens (including phenoxy) is 3. The highest BCUT2D eigenvalue weighted by Gasteiger charge is 2.22. The number of unbranched alkanes of at least 4 members (excludes halogenated alkanes) is 17. The van der Waals surface area contributed by atoms with Gasteiger partial charge in [0.1, 0.15) is 12.3 Å². The summed E-state index contributed by atoms with van der Waals surface area (Å²) in [5.41, 5.74) is 0. The van der Waals surface area contributed by atoms with Crippen molar-refractivity contribution in [1.29, 1.82) is 0 Å². The van der Waals surface area contributed by atoms with Crippen LogP contribution in [0.4, 0.5) is 0 Å². The van der Waals surface area contributed by atoms with E-state index in [0.717, 1.165) is 51.4 Å². The zero-order valence-electron chi connectivity index (χ0n) is 30.9. The van der Waals surface area contributed by atoms with E-state index in [9.17, 15) is 9.59 Å². The molecule has 0 radical (unpaired) electrons. The minimum Gasteiger partial charge on any atom is -0.466 e. The van der Waals surface area contributed by atoms with E-state index in [-0.39, 0.29) is 31.4 Å². The Labute approximate surface area is 285 Å². The molecule has 0 aliphatic rings. The maximum absolute atomic E-state index is 13.1. The number of aliphatic hydroxyl groups is 1. The maximum Gasteiger partial charge on any atom is 0.323 e. The van der Waals surface area contributed by atoms with E-state index in [1.54, 1.807) is 0 Å². The Balaban J connectivity index is 4.36. The molecular weight excluding hydrogens is 578 g/mol. The molecule has 2 N–H and O–H groups in total. The van der Waals surface area contributed by atoms with Crippen LogP contribution >= 0.6 is 0 Å². The third-order valence-corrected chi connectivity index (χ3v) is 9.02. The molecule has 0 bridgehead atoms. The van der Waals surface area contributed by atoms with Crippen molar-refractivity contribution in [2.75, 3.05) is 26.4 Å². The van der Waals surface area contributed by atoms with Crippen LogP contribution in [-0.2, 0) is 23.8 Å². The first kappa shape index (κ1) is 44.8. The van der Waals surface area contributed by atoms with Gasteiger partial charge in [0, 0.05) is 6.42 Å². The summed E-state index contributed by atoms with van der Waals surface area (Å²) in [5, 5.41) is 12.4. The Morgan fingerprint density at radius 1 is 0.565 bits per heavy atom. The summed E-state index contributed by atoms with van der Waals surface area (Å²) >= 11 is 0. The molecule has 7 heteroatoms. The van der Waals surface area contributed by atoms with Gasteiger partial charge in [-0.05, 0) is 38.5 Å². The molecular formula is C39H77NO6. The second-order valence-corrected chi connectivity index (χ2v) is 13.5. The lowest BCUT2D eigenvalue weighted by Crippen LogP contribution is -2.44. The molecule has 0 aliphatic heterocycles. The van der Waals surface area contributed by atoms with E-state index >= 15 is 0 Å². The number of esters is 2. The minimum absolute atomic E-state index is 0.0498. The molecule has 0 saturated carbocycles. The molecule has 0 aromatic carbocycles. The van der Waals surface area contributed by atoms with Gasteiger partial charge in [0.05, 0.1) is 26.4 Å². The molecule has 0 aromatic heterocycles. The highest BCUT2D eigenvalue weighted by molar-refractivity contribution is 5.75. The third kappa shape index (κ3) is 30.2. The molecule has 0 spiro atoms. The normalized spacial score (nSPS) is 12.8. The van der Waals surface area contributed by atoms with Crippen molar-refractivity contribution in [3.63, 3.8) is 0 Å². The first-order chi connectivity index (χ1) is 22.5. The lowest BCUT2D eigenvalue weighted by atomic mass is 9.92. The van der Waals surface area contributed by atoms with Gasteiger partial charge < -0.3 is 19.3 Å². The first-order valence-electron chi connectivity index (χ1n) is 19.8. The molecule has 2 unspecified atom stereocenters. The van der Waals surface area contributed by atoms with E-state index in [2.05, 4.69) is 26.1 Å². The average Bonchev–Trinajstić information content (AvgIpc) is 3.05. The number of hydrogen-bond donors (Lipinski definition) is 2.